The highest BCUT2D eigenvalue weighted by Crippen LogP contribution is 2.20. The molecule has 0 spiro atoms. The maximum absolute atomic E-state index is 5.40. The van der Waals surface area contributed by atoms with Crippen molar-refractivity contribution in [1.82, 2.24) is 0 Å². The highest BCUT2D eigenvalue weighted by Gasteiger charge is 2.02. The van der Waals surface area contributed by atoms with Crippen LogP contribution in [0.3, 0.4) is 0 Å². The van der Waals surface area contributed by atoms with Crippen molar-refractivity contribution in [3.8, 4) is 11.5 Å². The van der Waals surface area contributed by atoms with Gasteiger partial charge in [0.1, 0.15) is 11.5 Å². The van der Waals surface area contributed by atoms with Crippen LogP contribution in [-0.2, 0) is 0 Å². The monoisotopic (exact) mass is 289 g/mol. The fourth-order valence-electron chi connectivity index (χ4n) is 1.44. The Morgan fingerprint density at radius 2 is 1.05 bits per heavy atom. The Morgan fingerprint density at radius 1 is 0.684 bits per heavy atom. The van der Waals surface area contributed by atoms with Crippen LogP contribution in [0.2, 0.25) is 0 Å². The fraction of sp³-hybridized carbons (Fsp3) is 0.143. The van der Waals surface area contributed by atoms with Gasteiger partial charge in [-0.15, -0.1) is 23.5 Å². The van der Waals surface area contributed by atoms with Crippen LogP contribution in [0.15, 0.2) is 58.3 Å². The number of benzene rings is 2. The molecular weight excluding hydrogens is 275 g/mol. The molecule has 2 rings (SSSR count). The van der Waals surface area contributed by atoms with Crippen LogP contribution in [0.25, 0.3) is 0 Å². The van der Waals surface area contributed by atoms with Gasteiger partial charge in [-0.05, 0) is 61.0 Å². The second kappa shape index (κ2) is 7.41. The largest absolute Gasteiger partial charge is 0.658 e. The highest BCUT2D eigenvalue weighted by atomic mass is 32.2. The SMILES string of the molecule is CSc1ccc(O[B]Oc2ccc(SC)cc2)cc1. The Kier molecular flexibility index (Phi) is 5.54. The van der Waals surface area contributed by atoms with E-state index in [9.17, 15) is 0 Å². The van der Waals surface area contributed by atoms with Crippen molar-refractivity contribution in [1.29, 1.82) is 0 Å². The molecule has 0 bridgehead atoms. The van der Waals surface area contributed by atoms with Crippen molar-refractivity contribution in [2.24, 2.45) is 0 Å². The van der Waals surface area contributed by atoms with Crippen molar-refractivity contribution >= 4 is 31.2 Å². The van der Waals surface area contributed by atoms with Crippen molar-refractivity contribution in [3.05, 3.63) is 48.5 Å². The Morgan fingerprint density at radius 3 is 1.37 bits per heavy atom. The Balaban J connectivity index is 1.81. The molecule has 0 saturated carbocycles. The quantitative estimate of drug-likeness (QED) is 0.588. The Bertz CT molecular complexity index is 452. The van der Waals surface area contributed by atoms with E-state index >= 15 is 0 Å². The van der Waals surface area contributed by atoms with Gasteiger partial charge < -0.3 is 9.31 Å². The van der Waals surface area contributed by atoms with E-state index in [1.165, 1.54) is 17.5 Å². The molecule has 0 aliphatic heterocycles. The van der Waals surface area contributed by atoms with Gasteiger partial charge >= 0.3 is 7.69 Å². The lowest BCUT2D eigenvalue weighted by Crippen LogP contribution is -2.10. The van der Waals surface area contributed by atoms with E-state index in [4.69, 9.17) is 9.31 Å². The molecule has 0 fully saturated rings. The maximum Gasteiger partial charge on any atom is 0.658 e. The third kappa shape index (κ3) is 4.44. The van der Waals surface area contributed by atoms with Gasteiger partial charge in [-0.3, -0.25) is 0 Å². The third-order valence-electron chi connectivity index (χ3n) is 2.49. The van der Waals surface area contributed by atoms with Crippen LogP contribution in [0.4, 0.5) is 0 Å². The summed E-state index contributed by atoms with van der Waals surface area (Å²) >= 11 is 3.41. The van der Waals surface area contributed by atoms with Gasteiger partial charge in [0.15, 0.2) is 0 Å². The summed E-state index contributed by atoms with van der Waals surface area (Å²) in [6.07, 6.45) is 4.09. The zero-order valence-corrected chi connectivity index (χ0v) is 12.5. The Hall–Kier alpha value is -1.20. The van der Waals surface area contributed by atoms with E-state index in [-0.39, 0.29) is 0 Å². The molecule has 2 aromatic rings. The summed E-state index contributed by atoms with van der Waals surface area (Å²) in [6.45, 7) is 0. The van der Waals surface area contributed by atoms with Gasteiger partial charge in [0.25, 0.3) is 0 Å². The van der Waals surface area contributed by atoms with E-state index < -0.39 is 0 Å². The standard InChI is InChI=1S/C14H14BO2S2/c1-18-13-7-3-11(4-8-13)16-15-17-12-5-9-14(19-2)10-6-12/h3-10H,1-2H3. The lowest BCUT2D eigenvalue weighted by Gasteiger charge is -2.07. The zero-order chi connectivity index (χ0) is 13.5. The van der Waals surface area contributed by atoms with Gasteiger partial charge in [0.05, 0.1) is 0 Å². The van der Waals surface area contributed by atoms with E-state index in [1.807, 2.05) is 61.0 Å². The van der Waals surface area contributed by atoms with Gasteiger partial charge in [-0.2, -0.15) is 0 Å². The summed E-state index contributed by atoms with van der Waals surface area (Å²) in [6, 6.07) is 15.7. The van der Waals surface area contributed by atoms with Crippen molar-refractivity contribution in [3.63, 3.8) is 0 Å². The molecular formula is C14H14BO2S2. The van der Waals surface area contributed by atoms with Crippen LogP contribution in [0.5, 0.6) is 11.5 Å². The molecule has 2 aromatic carbocycles. The molecule has 0 saturated heterocycles. The highest BCUT2D eigenvalue weighted by molar-refractivity contribution is 7.98. The smallest absolute Gasteiger partial charge is 0.526 e. The van der Waals surface area contributed by atoms with Gasteiger partial charge in [0.2, 0.25) is 0 Å². The number of hydrogen-bond acceptors (Lipinski definition) is 4. The number of hydrogen-bond donors (Lipinski definition) is 0. The summed E-state index contributed by atoms with van der Waals surface area (Å²) < 4.78 is 10.8. The molecule has 97 valence electrons. The number of rotatable bonds is 6. The number of thioether (sulfide) groups is 2. The molecule has 0 atom stereocenters. The lowest BCUT2D eigenvalue weighted by molar-refractivity contribution is 0.458. The normalized spacial score (nSPS) is 10.0. The van der Waals surface area contributed by atoms with Gasteiger partial charge in [-0.25, -0.2) is 0 Å². The molecule has 19 heavy (non-hydrogen) atoms. The summed E-state index contributed by atoms with van der Waals surface area (Å²) in [5, 5.41) is 0. The van der Waals surface area contributed by atoms with E-state index in [0.717, 1.165) is 11.5 Å². The first-order valence-corrected chi connectivity index (χ1v) is 8.20. The first-order valence-electron chi connectivity index (χ1n) is 5.75. The second-order valence-electron chi connectivity index (χ2n) is 3.68. The molecule has 0 N–H and O–H groups in total. The van der Waals surface area contributed by atoms with E-state index in [0.29, 0.717) is 0 Å². The predicted octanol–water partition coefficient (Wildman–Crippen LogP) is 4.12. The minimum atomic E-state index is 0.763. The van der Waals surface area contributed by atoms with Gasteiger partial charge in [-0.1, -0.05) is 0 Å². The molecule has 2 nitrogen and oxygen atoms in total. The predicted molar refractivity (Wildman–Crippen MR) is 83.5 cm³/mol. The Labute approximate surface area is 123 Å². The van der Waals surface area contributed by atoms with Crippen LogP contribution >= 0.6 is 23.5 Å². The topological polar surface area (TPSA) is 18.5 Å². The second-order valence-corrected chi connectivity index (χ2v) is 5.44. The molecule has 0 aromatic heterocycles. The third-order valence-corrected chi connectivity index (χ3v) is 3.97. The molecule has 5 heteroatoms. The molecule has 0 amide bonds. The van der Waals surface area contributed by atoms with Crippen molar-refractivity contribution in [2.45, 2.75) is 9.79 Å². The van der Waals surface area contributed by atoms with Crippen LogP contribution in [0, 0.1) is 0 Å². The molecule has 0 aliphatic rings. The molecule has 1 radical (unpaired) electrons. The van der Waals surface area contributed by atoms with Crippen LogP contribution in [-0.4, -0.2) is 20.2 Å². The van der Waals surface area contributed by atoms with Crippen molar-refractivity contribution in [2.75, 3.05) is 12.5 Å². The molecule has 0 unspecified atom stereocenters. The summed E-state index contributed by atoms with van der Waals surface area (Å²) in [5.74, 6) is 1.53. The average Bonchev–Trinajstić information content (AvgIpc) is 2.49. The van der Waals surface area contributed by atoms with Gasteiger partial charge in [0, 0.05) is 9.79 Å². The van der Waals surface area contributed by atoms with E-state index in [1.54, 1.807) is 23.5 Å². The first kappa shape index (κ1) is 14.2. The van der Waals surface area contributed by atoms with E-state index in [2.05, 4.69) is 0 Å². The lowest BCUT2D eigenvalue weighted by atomic mass is 10.3. The minimum absolute atomic E-state index is 0.763. The average molecular weight is 289 g/mol. The summed E-state index contributed by atoms with van der Waals surface area (Å²) in [7, 11) is 1.35. The zero-order valence-electron chi connectivity index (χ0n) is 10.8. The summed E-state index contributed by atoms with van der Waals surface area (Å²) in [4.78, 5) is 2.42. The fourth-order valence-corrected chi connectivity index (χ4v) is 2.26. The maximum atomic E-state index is 5.40. The summed E-state index contributed by atoms with van der Waals surface area (Å²) in [5.41, 5.74) is 0. The first-order chi connectivity index (χ1) is 9.31. The van der Waals surface area contributed by atoms with Crippen LogP contribution < -0.4 is 9.31 Å². The molecule has 0 heterocycles. The van der Waals surface area contributed by atoms with Crippen LogP contribution in [0.1, 0.15) is 0 Å². The van der Waals surface area contributed by atoms with Crippen molar-refractivity contribution < 1.29 is 9.31 Å². The molecule has 0 aliphatic carbocycles. The minimum Gasteiger partial charge on any atom is -0.526 e.